The predicted molar refractivity (Wildman–Crippen MR) is 93.1 cm³/mol. The summed E-state index contributed by atoms with van der Waals surface area (Å²) in [5, 5.41) is 3.18. The number of hydrogen-bond donors (Lipinski definition) is 2. The average molecular weight is 388 g/mol. The van der Waals surface area contributed by atoms with Gasteiger partial charge in [-0.15, -0.1) is 0 Å². The summed E-state index contributed by atoms with van der Waals surface area (Å²) in [6, 6.07) is 0. The molecule has 1 aromatic rings. The molecule has 136 valence electrons. The molecule has 25 heavy (non-hydrogen) atoms. The van der Waals surface area contributed by atoms with Gasteiger partial charge in [0.05, 0.1) is 30.3 Å². The number of nitrogens with zero attached hydrogens (tertiary/aromatic N) is 1. The molecule has 1 aliphatic rings. The van der Waals surface area contributed by atoms with Crippen LogP contribution in [-0.4, -0.2) is 35.1 Å². The Morgan fingerprint density at radius 3 is 2.12 bits per heavy atom. The highest BCUT2D eigenvalue weighted by Gasteiger charge is 2.40. The van der Waals surface area contributed by atoms with E-state index in [0.29, 0.717) is 11.4 Å². The zero-order valence-electron chi connectivity index (χ0n) is 14.5. The Labute approximate surface area is 155 Å². The fraction of sp³-hybridized carbons (Fsp3) is 0.438. The van der Waals surface area contributed by atoms with Crippen LogP contribution < -0.4 is 5.32 Å². The number of imidazole rings is 1. The highest BCUT2D eigenvalue weighted by molar-refractivity contribution is 6.40. The number of carbonyl (C=O) groups excluding carboxylic acids is 2. The zero-order valence-corrected chi connectivity index (χ0v) is 16.0. The lowest BCUT2D eigenvalue weighted by Gasteiger charge is -2.29. The standard InChI is InChI=1S/C16H19Cl2N3O4/c1-6(2)25-16(23)10-8(4)19-7(3)9(15(22)24-5)11(10)14-20-12(17)13(18)21-14/h6,11,19H,1-5H3,(H,20,21). The van der Waals surface area contributed by atoms with Gasteiger partial charge in [-0.05, 0) is 27.7 Å². The quantitative estimate of drug-likeness (QED) is 0.770. The number of dihydropyridines is 1. The third-order valence-corrected chi connectivity index (χ3v) is 4.28. The van der Waals surface area contributed by atoms with Gasteiger partial charge < -0.3 is 19.8 Å². The van der Waals surface area contributed by atoms with Crippen LogP contribution in [-0.2, 0) is 19.1 Å². The van der Waals surface area contributed by atoms with Gasteiger partial charge in [0.25, 0.3) is 0 Å². The van der Waals surface area contributed by atoms with Crippen molar-refractivity contribution in [2.45, 2.75) is 39.7 Å². The molecule has 0 saturated heterocycles. The maximum Gasteiger partial charge on any atom is 0.337 e. The van der Waals surface area contributed by atoms with Gasteiger partial charge in [-0.25, -0.2) is 14.6 Å². The first-order valence-electron chi connectivity index (χ1n) is 7.56. The average Bonchev–Trinajstić information content (AvgIpc) is 2.84. The summed E-state index contributed by atoms with van der Waals surface area (Å²) < 4.78 is 10.2. The van der Waals surface area contributed by atoms with E-state index in [0.717, 1.165) is 0 Å². The van der Waals surface area contributed by atoms with Crippen LogP contribution in [0.15, 0.2) is 22.5 Å². The Kier molecular flexibility index (Phi) is 5.80. The monoisotopic (exact) mass is 387 g/mol. The normalized spacial score (nSPS) is 17.7. The lowest BCUT2D eigenvalue weighted by atomic mass is 9.85. The molecule has 2 heterocycles. The van der Waals surface area contributed by atoms with Crippen LogP contribution in [0.5, 0.6) is 0 Å². The highest BCUT2D eigenvalue weighted by atomic mass is 35.5. The number of rotatable bonds is 4. The van der Waals surface area contributed by atoms with Crippen LogP contribution in [0.4, 0.5) is 0 Å². The molecular weight excluding hydrogens is 369 g/mol. The summed E-state index contributed by atoms with van der Waals surface area (Å²) in [7, 11) is 1.26. The zero-order chi connectivity index (χ0) is 18.9. The molecular formula is C16H19Cl2N3O4. The fourth-order valence-electron chi connectivity index (χ4n) is 2.68. The van der Waals surface area contributed by atoms with Crippen LogP contribution in [0.3, 0.4) is 0 Å². The largest absolute Gasteiger partial charge is 0.466 e. The first-order chi connectivity index (χ1) is 11.7. The van der Waals surface area contributed by atoms with Crippen LogP contribution in [0.1, 0.15) is 39.4 Å². The van der Waals surface area contributed by atoms with E-state index in [1.54, 1.807) is 27.7 Å². The van der Waals surface area contributed by atoms with Crippen molar-refractivity contribution in [1.29, 1.82) is 0 Å². The van der Waals surface area contributed by atoms with E-state index >= 15 is 0 Å². The Hall–Kier alpha value is -1.99. The van der Waals surface area contributed by atoms with Crippen molar-refractivity contribution in [3.8, 4) is 0 Å². The maximum absolute atomic E-state index is 12.7. The fourth-order valence-corrected chi connectivity index (χ4v) is 2.96. The number of aromatic nitrogens is 2. The second kappa shape index (κ2) is 7.49. The molecule has 0 amide bonds. The lowest BCUT2D eigenvalue weighted by Crippen LogP contribution is -2.33. The van der Waals surface area contributed by atoms with E-state index in [2.05, 4.69) is 15.3 Å². The first kappa shape index (κ1) is 19.3. The van der Waals surface area contributed by atoms with Gasteiger partial charge in [0.2, 0.25) is 0 Å². The van der Waals surface area contributed by atoms with Crippen molar-refractivity contribution in [1.82, 2.24) is 15.3 Å². The number of ether oxygens (including phenoxy) is 2. The number of nitrogens with one attached hydrogen (secondary N) is 2. The molecule has 9 heteroatoms. The van der Waals surface area contributed by atoms with Gasteiger partial charge in [0, 0.05) is 11.4 Å². The van der Waals surface area contributed by atoms with Crippen molar-refractivity contribution < 1.29 is 19.1 Å². The van der Waals surface area contributed by atoms with Gasteiger partial charge in [-0.1, -0.05) is 23.2 Å². The van der Waals surface area contributed by atoms with E-state index in [-0.39, 0.29) is 33.4 Å². The summed E-state index contributed by atoms with van der Waals surface area (Å²) in [5.41, 5.74) is 1.55. The number of carbonyl (C=O) groups is 2. The number of halogens is 2. The summed E-state index contributed by atoms with van der Waals surface area (Å²) >= 11 is 11.9. The SMILES string of the molecule is COC(=O)C1=C(C)NC(C)=C(C(=O)OC(C)C)C1c1nc(Cl)c(Cl)[nH]1. The van der Waals surface area contributed by atoms with Gasteiger partial charge in [-0.2, -0.15) is 0 Å². The first-order valence-corrected chi connectivity index (χ1v) is 8.31. The highest BCUT2D eigenvalue weighted by Crippen LogP contribution is 2.39. The molecule has 0 bridgehead atoms. The van der Waals surface area contributed by atoms with E-state index in [4.69, 9.17) is 32.7 Å². The van der Waals surface area contributed by atoms with Crippen molar-refractivity contribution in [3.63, 3.8) is 0 Å². The molecule has 2 rings (SSSR count). The van der Waals surface area contributed by atoms with Crippen molar-refractivity contribution in [2.24, 2.45) is 0 Å². The van der Waals surface area contributed by atoms with Crippen LogP contribution >= 0.6 is 23.2 Å². The molecule has 0 fully saturated rings. The Bertz CT molecular complexity index is 761. The summed E-state index contributed by atoms with van der Waals surface area (Å²) in [4.78, 5) is 32.0. The lowest BCUT2D eigenvalue weighted by molar-refractivity contribution is -0.143. The minimum Gasteiger partial charge on any atom is -0.466 e. The molecule has 0 aromatic carbocycles. The summed E-state index contributed by atoms with van der Waals surface area (Å²) in [6.45, 7) is 6.90. The summed E-state index contributed by atoms with van der Waals surface area (Å²) in [6.07, 6.45) is -0.328. The third kappa shape index (κ3) is 3.82. The second-order valence-electron chi connectivity index (χ2n) is 5.81. The van der Waals surface area contributed by atoms with E-state index in [9.17, 15) is 9.59 Å². The van der Waals surface area contributed by atoms with E-state index in [1.807, 2.05) is 0 Å². The molecule has 0 radical (unpaired) electrons. The number of hydrogen-bond acceptors (Lipinski definition) is 6. The van der Waals surface area contributed by atoms with Crippen molar-refractivity contribution in [2.75, 3.05) is 7.11 Å². The van der Waals surface area contributed by atoms with Crippen molar-refractivity contribution >= 4 is 35.1 Å². The minimum atomic E-state index is -0.843. The topological polar surface area (TPSA) is 93.3 Å². The van der Waals surface area contributed by atoms with Gasteiger partial charge in [0.1, 0.15) is 11.0 Å². The Balaban J connectivity index is 2.64. The molecule has 2 N–H and O–H groups in total. The molecule has 1 unspecified atom stereocenters. The van der Waals surface area contributed by atoms with Crippen LogP contribution in [0, 0.1) is 0 Å². The number of H-pyrrole nitrogens is 1. The molecule has 0 saturated carbocycles. The number of aromatic amines is 1. The molecule has 7 nitrogen and oxygen atoms in total. The minimum absolute atomic E-state index is 0.0475. The van der Waals surface area contributed by atoms with E-state index in [1.165, 1.54) is 7.11 Å². The third-order valence-electron chi connectivity index (χ3n) is 3.64. The Morgan fingerprint density at radius 1 is 1.12 bits per heavy atom. The van der Waals surface area contributed by atoms with Gasteiger partial charge in [-0.3, -0.25) is 0 Å². The number of esters is 2. The number of allylic oxidation sites excluding steroid dienone is 2. The van der Waals surface area contributed by atoms with Crippen LogP contribution in [0.25, 0.3) is 0 Å². The van der Waals surface area contributed by atoms with Gasteiger partial charge >= 0.3 is 11.9 Å². The summed E-state index contributed by atoms with van der Waals surface area (Å²) in [5.74, 6) is -1.75. The second-order valence-corrected chi connectivity index (χ2v) is 6.54. The molecule has 1 aliphatic heterocycles. The van der Waals surface area contributed by atoms with Gasteiger partial charge in [0.15, 0.2) is 5.15 Å². The molecule has 1 aromatic heterocycles. The number of methoxy groups -OCH3 is 1. The smallest absolute Gasteiger partial charge is 0.337 e. The molecule has 0 aliphatic carbocycles. The maximum atomic E-state index is 12.7. The van der Waals surface area contributed by atoms with E-state index < -0.39 is 17.9 Å². The molecule has 1 atom stereocenters. The Morgan fingerprint density at radius 2 is 1.68 bits per heavy atom. The predicted octanol–water partition coefficient (Wildman–Crippen LogP) is 3.08. The van der Waals surface area contributed by atoms with Crippen molar-refractivity contribution in [3.05, 3.63) is 38.7 Å². The molecule has 0 spiro atoms. The van der Waals surface area contributed by atoms with Crippen LogP contribution in [0.2, 0.25) is 10.3 Å².